The molecule has 0 bridgehead atoms. The van der Waals surface area contributed by atoms with Crippen LogP contribution in [0, 0.1) is 5.41 Å². The van der Waals surface area contributed by atoms with Gasteiger partial charge in [-0.25, -0.2) is 0 Å². The number of nitrogens with one attached hydrogen (secondary N) is 1. The molecule has 0 aliphatic heterocycles. The summed E-state index contributed by atoms with van der Waals surface area (Å²) in [7, 11) is 0. The van der Waals surface area contributed by atoms with Gasteiger partial charge in [-0.1, -0.05) is 20.8 Å². The Hall–Kier alpha value is -0.650. The number of hydrogen-bond donors (Lipinski definition) is 2. The van der Waals surface area contributed by atoms with Crippen molar-refractivity contribution in [1.29, 1.82) is 0 Å². The van der Waals surface area contributed by atoms with Crippen LogP contribution in [0.3, 0.4) is 0 Å². The van der Waals surface area contributed by atoms with Crippen molar-refractivity contribution in [2.75, 3.05) is 6.54 Å². The van der Waals surface area contributed by atoms with E-state index in [-0.39, 0.29) is 17.4 Å². The third-order valence-electron chi connectivity index (χ3n) is 2.61. The van der Waals surface area contributed by atoms with E-state index in [1.54, 1.807) is 23.5 Å². The second kappa shape index (κ2) is 6.50. The third kappa shape index (κ3) is 4.92. The van der Waals surface area contributed by atoms with Crippen molar-refractivity contribution >= 4 is 39.2 Å². The van der Waals surface area contributed by atoms with Crippen LogP contribution in [0.2, 0.25) is 0 Å². The van der Waals surface area contributed by atoms with Crippen LogP contribution in [-0.2, 0) is 4.79 Å². The molecule has 1 aromatic rings. The smallest absolute Gasteiger partial charge is 0.244 e. The van der Waals surface area contributed by atoms with Gasteiger partial charge in [0.05, 0.1) is 3.79 Å². The minimum absolute atomic E-state index is 0.0242. The van der Waals surface area contributed by atoms with Crippen molar-refractivity contribution in [1.82, 2.24) is 5.32 Å². The molecule has 0 radical (unpaired) electrons. The van der Waals surface area contributed by atoms with E-state index in [1.807, 2.05) is 11.4 Å². The summed E-state index contributed by atoms with van der Waals surface area (Å²) in [5, 5.41) is 4.91. The molecule has 0 fully saturated rings. The average Bonchev–Trinajstić information content (AvgIpc) is 2.67. The van der Waals surface area contributed by atoms with E-state index >= 15 is 0 Å². The Labute approximate surface area is 121 Å². The van der Waals surface area contributed by atoms with Crippen LogP contribution in [0.25, 0.3) is 6.08 Å². The molecule has 1 heterocycles. The standard InChI is InChI=1S/C13H19BrN2OS/c1-13(2,3)10(7-15)16-12(17)5-4-9-6-11(14)18-8-9/h4-6,8,10H,7,15H2,1-3H3,(H,16,17). The van der Waals surface area contributed by atoms with Crippen LogP contribution in [-0.4, -0.2) is 18.5 Å². The molecular weight excluding hydrogens is 312 g/mol. The van der Waals surface area contributed by atoms with Gasteiger partial charge in [0.2, 0.25) is 5.91 Å². The summed E-state index contributed by atoms with van der Waals surface area (Å²) in [5.74, 6) is -0.109. The fourth-order valence-corrected chi connectivity index (χ4v) is 2.58. The molecule has 0 saturated carbocycles. The Balaban J connectivity index is 2.58. The van der Waals surface area contributed by atoms with Crippen molar-refractivity contribution in [3.05, 3.63) is 26.9 Å². The van der Waals surface area contributed by atoms with Crippen LogP contribution in [0.4, 0.5) is 0 Å². The van der Waals surface area contributed by atoms with Crippen LogP contribution in [0.1, 0.15) is 26.3 Å². The van der Waals surface area contributed by atoms with Gasteiger partial charge in [-0.15, -0.1) is 11.3 Å². The Bertz CT molecular complexity index is 434. The molecule has 5 heteroatoms. The minimum atomic E-state index is -0.109. The van der Waals surface area contributed by atoms with E-state index in [9.17, 15) is 4.79 Å². The zero-order valence-electron chi connectivity index (χ0n) is 10.9. The minimum Gasteiger partial charge on any atom is -0.348 e. The zero-order valence-corrected chi connectivity index (χ0v) is 13.3. The number of carbonyl (C=O) groups excluding carboxylic acids is 1. The van der Waals surface area contributed by atoms with E-state index in [0.29, 0.717) is 6.54 Å². The van der Waals surface area contributed by atoms with Crippen LogP contribution < -0.4 is 11.1 Å². The fourth-order valence-electron chi connectivity index (χ4n) is 1.43. The molecule has 100 valence electrons. The molecule has 0 aliphatic rings. The predicted octanol–water partition coefficient (Wildman–Crippen LogP) is 3.01. The van der Waals surface area contributed by atoms with Crippen molar-refractivity contribution in [3.63, 3.8) is 0 Å². The first-order valence-corrected chi connectivity index (χ1v) is 7.43. The molecule has 0 aromatic carbocycles. The summed E-state index contributed by atoms with van der Waals surface area (Å²) in [5.41, 5.74) is 6.65. The molecule has 1 aromatic heterocycles. The van der Waals surface area contributed by atoms with Gasteiger partial charge in [-0.3, -0.25) is 4.79 Å². The number of carbonyl (C=O) groups is 1. The first kappa shape index (κ1) is 15.4. The number of hydrogen-bond acceptors (Lipinski definition) is 3. The molecule has 0 aliphatic carbocycles. The van der Waals surface area contributed by atoms with E-state index < -0.39 is 0 Å². The molecule has 0 spiro atoms. The number of halogens is 1. The summed E-state index contributed by atoms with van der Waals surface area (Å²) in [6.07, 6.45) is 3.34. The Morgan fingerprint density at radius 3 is 2.72 bits per heavy atom. The zero-order chi connectivity index (χ0) is 13.8. The number of amides is 1. The van der Waals surface area contributed by atoms with Gasteiger partial charge >= 0.3 is 0 Å². The highest BCUT2D eigenvalue weighted by Gasteiger charge is 2.23. The van der Waals surface area contributed by atoms with Gasteiger partial charge in [0.1, 0.15) is 0 Å². The quantitative estimate of drug-likeness (QED) is 0.834. The topological polar surface area (TPSA) is 55.1 Å². The van der Waals surface area contributed by atoms with Gasteiger partial charge in [-0.2, -0.15) is 0 Å². The molecule has 1 rings (SSSR count). The fraction of sp³-hybridized carbons (Fsp3) is 0.462. The van der Waals surface area contributed by atoms with Crippen LogP contribution in [0.15, 0.2) is 21.3 Å². The Kier molecular flexibility index (Phi) is 5.56. The van der Waals surface area contributed by atoms with E-state index in [0.717, 1.165) is 9.35 Å². The number of nitrogens with two attached hydrogens (primary N) is 1. The lowest BCUT2D eigenvalue weighted by Crippen LogP contribution is -2.47. The molecule has 1 unspecified atom stereocenters. The maximum atomic E-state index is 11.8. The number of rotatable bonds is 4. The second-order valence-corrected chi connectivity index (χ2v) is 7.47. The van der Waals surface area contributed by atoms with Crippen molar-refractivity contribution < 1.29 is 4.79 Å². The molecule has 18 heavy (non-hydrogen) atoms. The maximum Gasteiger partial charge on any atom is 0.244 e. The second-order valence-electron chi connectivity index (χ2n) is 5.18. The average molecular weight is 331 g/mol. The van der Waals surface area contributed by atoms with E-state index in [2.05, 4.69) is 42.0 Å². The van der Waals surface area contributed by atoms with Gasteiger partial charge in [0, 0.05) is 18.7 Å². The normalized spacial score (nSPS) is 13.8. The highest BCUT2D eigenvalue weighted by atomic mass is 79.9. The molecular formula is C13H19BrN2OS. The maximum absolute atomic E-state index is 11.8. The Morgan fingerprint density at radius 2 is 2.28 bits per heavy atom. The third-order valence-corrected chi connectivity index (χ3v) is 4.14. The first-order valence-electron chi connectivity index (χ1n) is 5.75. The summed E-state index contributed by atoms with van der Waals surface area (Å²) in [6, 6.07) is 1.95. The number of thiophene rings is 1. The van der Waals surface area contributed by atoms with Crippen molar-refractivity contribution in [3.8, 4) is 0 Å². The van der Waals surface area contributed by atoms with Crippen LogP contribution in [0.5, 0.6) is 0 Å². The molecule has 1 amide bonds. The van der Waals surface area contributed by atoms with Gasteiger partial charge in [0.15, 0.2) is 0 Å². The monoisotopic (exact) mass is 330 g/mol. The summed E-state index contributed by atoms with van der Waals surface area (Å²) in [6.45, 7) is 6.62. The Morgan fingerprint density at radius 1 is 1.61 bits per heavy atom. The van der Waals surface area contributed by atoms with Crippen molar-refractivity contribution in [2.45, 2.75) is 26.8 Å². The highest BCUT2D eigenvalue weighted by molar-refractivity contribution is 9.11. The summed E-state index contributed by atoms with van der Waals surface area (Å²) < 4.78 is 1.05. The lowest BCUT2D eigenvalue weighted by Gasteiger charge is -2.29. The van der Waals surface area contributed by atoms with Crippen molar-refractivity contribution in [2.24, 2.45) is 11.1 Å². The lowest BCUT2D eigenvalue weighted by atomic mass is 9.87. The SMILES string of the molecule is CC(C)(C)C(CN)NC(=O)C=Cc1csc(Br)c1. The summed E-state index contributed by atoms with van der Waals surface area (Å²) in [4.78, 5) is 11.8. The van der Waals surface area contributed by atoms with Gasteiger partial charge in [-0.05, 0) is 44.4 Å². The lowest BCUT2D eigenvalue weighted by molar-refractivity contribution is -0.117. The molecule has 3 nitrogen and oxygen atoms in total. The molecule has 0 saturated heterocycles. The molecule has 1 atom stereocenters. The first-order chi connectivity index (χ1) is 8.32. The van der Waals surface area contributed by atoms with Gasteiger partial charge < -0.3 is 11.1 Å². The van der Waals surface area contributed by atoms with E-state index in [4.69, 9.17) is 5.73 Å². The van der Waals surface area contributed by atoms with Gasteiger partial charge in [0.25, 0.3) is 0 Å². The van der Waals surface area contributed by atoms with Crippen LogP contribution >= 0.6 is 27.3 Å². The predicted molar refractivity (Wildman–Crippen MR) is 81.5 cm³/mol. The molecule has 3 N–H and O–H groups in total. The highest BCUT2D eigenvalue weighted by Crippen LogP contribution is 2.21. The largest absolute Gasteiger partial charge is 0.348 e. The summed E-state index contributed by atoms with van der Waals surface area (Å²) >= 11 is 4.98. The van der Waals surface area contributed by atoms with E-state index in [1.165, 1.54) is 0 Å².